The highest BCUT2D eigenvalue weighted by molar-refractivity contribution is 6.35. The molecule has 0 aliphatic carbocycles. The van der Waals surface area contributed by atoms with Crippen molar-refractivity contribution in [1.29, 1.82) is 0 Å². The predicted octanol–water partition coefficient (Wildman–Crippen LogP) is 3.24. The number of hydrogen-bond acceptors (Lipinski definition) is 5. The molecule has 1 amide bonds. The van der Waals surface area contributed by atoms with Crippen LogP contribution in [0.2, 0.25) is 10.0 Å². The summed E-state index contributed by atoms with van der Waals surface area (Å²) in [4.78, 5) is 23.8. The van der Waals surface area contributed by atoms with Crippen molar-refractivity contribution in [3.8, 4) is 11.5 Å². The molecule has 0 saturated carbocycles. The molecule has 0 bridgehead atoms. The molecule has 2 aromatic carbocycles. The van der Waals surface area contributed by atoms with Crippen molar-refractivity contribution in [2.75, 3.05) is 19.9 Å². The Morgan fingerprint density at radius 2 is 1.88 bits per heavy atom. The Labute approximate surface area is 159 Å². The van der Waals surface area contributed by atoms with Gasteiger partial charge in [-0.2, -0.15) is 0 Å². The molecule has 6 nitrogen and oxygen atoms in total. The van der Waals surface area contributed by atoms with Gasteiger partial charge in [0, 0.05) is 16.6 Å². The van der Waals surface area contributed by atoms with E-state index in [-0.39, 0.29) is 19.0 Å². The van der Waals surface area contributed by atoms with Gasteiger partial charge in [-0.15, -0.1) is 0 Å². The van der Waals surface area contributed by atoms with Crippen LogP contribution in [0.1, 0.15) is 15.9 Å². The third-order valence-corrected chi connectivity index (χ3v) is 4.26. The standard InChI is InChI=1S/C18H15Cl2NO5/c19-13-3-1-11(14(20)8-13)5-6-21-17(22)9-24-18(23)12-2-4-15-16(7-12)26-10-25-15/h1-4,7-8H,5-6,9-10H2,(H,21,22). The van der Waals surface area contributed by atoms with Crippen LogP contribution in [0.15, 0.2) is 36.4 Å². The van der Waals surface area contributed by atoms with E-state index in [4.69, 9.17) is 37.4 Å². The Morgan fingerprint density at radius 3 is 2.69 bits per heavy atom. The lowest BCUT2D eigenvalue weighted by molar-refractivity contribution is -0.124. The second-order valence-corrected chi connectivity index (χ2v) is 6.32. The average Bonchev–Trinajstić information content (AvgIpc) is 3.09. The van der Waals surface area contributed by atoms with Gasteiger partial charge in [-0.1, -0.05) is 29.3 Å². The SMILES string of the molecule is O=C(COC(=O)c1ccc2c(c1)OCO2)NCCc1ccc(Cl)cc1Cl. The van der Waals surface area contributed by atoms with Crippen LogP contribution >= 0.6 is 23.2 Å². The Bertz CT molecular complexity index is 840. The number of hydrogen-bond donors (Lipinski definition) is 1. The molecule has 0 fully saturated rings. The Kier molecular flexibility index (Phi) is 5.85. The smallest absolute Gasteiger partial charge is 0.338 e. The van der Waals surface area contributed by atoms with E-state index in [0.717, 1.165) is 5.56 Å². The van der Waals surface area contributed by atoms with Crippen LogP contribution in [0.3, 0.4) is 0 Å². The molecule has 8 heteroatoms. The van der Waals surface area contributed by atoms with E-state index in [1.54, 1.807) is 30.3 Å². The van der Waals surface area contributed by atoms with Gasteiger partial charge in [-0.3, -0.25) is 4.79 Å². The Balaban J connectivity index is 1.43. The number of ether oxygens (including phenoxy) is 3. The first-order valence-corrected chi connectivity index (χ1v) is 8.56. The van der Waals surface area contributed by atoms with E-state index in [1.165, 1.54) is 6.07 Å². The number of amides is 1. The van der Waals surface area contributed by atoms with Crippen LogP contribution in [0.5, 0.6) is 11.5 Å². The molecule has 2 aromatic rings. The number of carbonyl (C=O) groups is 2. The quantitative estimate of drug-likeness (QED) is 0.759. The van der Waals surface area contributed by atoms with E-state index in [1.807, 2.05) is 0 Å². The van der Waals surface area contributed by atoms with Gasteiger partial charge in [-0.05, 0) is 42.3 Å². The molecule has 136 valence electrons. The molecular weight excluding hydrogens is 381 g/mol. The predicted molar refractivity (Wildman–Crippen MR) is 96.0 cm³/mol. The minimum Gasteiger partial charge on any atom is -0.454 e. The van der Waals surface area contributed by atoms with Crippen molar-refractivity contribution < 1.29 is 23.8 Å². The van der Waals surface area contributed by atoms with Gasteiger partial charge < -0.3 is 19.5 Å². The summed E-state index contributed by atoms with van der Waals surface area (Å²) < 4.78 is 15.4. The highest BCUT2D eigenvalue weighted by Crippen LogP contribution is 2.32. The highest BCUT2D eigenvalue weighted by atomic mass is 35.5. The van der Waals surface area contributed by atoms with Gasteiger partial charge in [-0.25, -0.2) is 4.79 Å². The van der Waals surface area contributed by atoms with Gasteiger partial charge in [0.1, 0.15) is 0 Å². The number of fused-ring (bicyclic) bond motifs is 1. The second kappa shape index (κ2) is 8.29. The molecule has 0 aromatic heterocycles. The fourth-order valence-electron chi connectivity index (χ4n) is 2.35. The zero-order chi connectivity index (χ0) is 18.5. The van der Waals surface area contributed by atoms with Crippen LogP contribution in [0, 0.1) is 0 Å². The largest absolute Gasteiger partial charge is 0.454 e. The van der Waals surface area contributed by atoms with Crippen LogP contribution in [-0.4, -0.2) is 31.8 Å². The zero-order valence-corrected chi connectivity index (χ0v) is 15.1. The number of rotatable bonds is 6. The summed E-state index contributed by atoms with van der Waals surface area (Å²) in [5, 5.41) is 3.77. The van der Waals surface area contributed by atoms with Crippen LogP contribution < -0.4 is 14.8 Å². The maximum Gasteiger partial charge on any atom is 0.338 e. The van der Waals surface area contributed by atoms with Crippen molar-refractivity contribution in [3.63, 3.8) is 0 Å². The number of carbonyl (C=O) groups excluding carboxylic acids is 2. The number of halogens is 2. The molecule has 26 heavy (non-hydrogen) atoms. The molecule has 1 heterocycles. The first-order chi connectivity index (χ1) is 12.5. The van der Waals surface area contributed by atoms with Crippen molar-refractivity contribution in [2.45, 2.75) is 6.42 Å². The molecule has 0 radical (unpaired) electrons. The molecule has 0 spiro atoms. The third-order valence-electron chi connectivity index (χ3n) is 3.67. The van der Waals surface area contributed by atoms with Gasteiger partial charge in [0.25, 0.3) is 5.91 Å². The second-order valence-electron chi connectivity index (χ2n) is 5.48. The van der Waals surface area contributed by atoms with Crippen molar-refractivity contribution in [2.24, 2.45) is 0 Å². The number of benzene rings is 2. The van der Waals surface area contributed by atoms with Crippen LogP contribution in [0.4, 0.5) is 0 Å². The van der Waals surface area contributed by atoms with E-state index in [0.29, 0.717) is 34.5 Å². The first-order valence-electron chi connectivity index (χ1n) is 7.80. The summed E-state index contributed by atoms with van der Waals surface area (Å²) in [5.41, 5.74) is 1.16. The zero-order valence-electron chi connectivity index (χ0n) is 13.6. The van der Waals surface area contributed by atoms with Crippen molar-refractivity contribution in [3.05, 3.63) is 57.6 Å². The van der Waals surface area contributed by atoms with Gasteiger partial charge in [0.2, 0.25) is 6.79 Å². The maximum absolute atomic E-state index is 12.0. The highest BCUT2D eigenvalue weighted by Gasteiger charge is 2.17. The normalized spacial score (nSPS) is 11.9. The molecule has 1 N–H and O–H groups in total. The molecular formula is C18H15Cl2NO5. The molecule has 0 unspecified atom stereocenters. The lowest BCUT2D eigenvalue weighted by Crippen LogP contribution is -2.30. The van der Waals surface area contributed by atoms with Gasteiger partial charge in [0.05, 0.1) is 5.56 Å². The third kappa shape index (κ3) is 4.59. The molecule has 1 aliphatic rings. The van der Waals surface area contributed by atoms with Crippen molar-refractivity contribution in [1.82, 2.24) is 5.32 Å². The summed E-state index contributed by atoms with van der Waals surface area (Å²) in [6.45, 7) is 0.108. The fourth-order valence-corrected chi connectivity index (χ4v) is 2.85. The van der Waals surface area contributed by atoms with Crippen molar-refractivity contribution >= 4 is 35.1 Å². The monoisotopic (exact) mass is 395 g/mol. The summed E-state index contributed by atoms with van der Waals surface area (Å²) >= 11 is 11.9. The Hall–Kier alpha value is -2.44. The minimum atomic E-state index is -0.612. The van der Waals surface area contributed by atoms with Crippen LogP contribution in [0.25, 0.3) is 0 Å². The minimum absolute atomic E-state index is 0.119. The molecule has 1 aliphatic heterocycles. The number of esters is 1. The summed E-state index contributed by atoms with van der Waals surface area (Å²) in [5.74, 6) is 0.0345. The maximum atomic E-state index is 12.0. The molecule has 0 atom stereocenters. The lowest BCUT2D eigenvalue weighted by Gasteiger charge is -2.08. The van der Waals surface area contributed by atoms with E-state index >= 15 is 0 Å². The topological polar surface area (TPSA) is 73.9 Å². The Morgan fingerprint density at radius 1 is 1.08 bits per heavy atom. The summed E-state index contributed by atoms with van der Waals surface area (Å²) in [6, 6.07) is 9.87. The average molecular weight is 396 g/mol. The lowest BCUT2D eigenvalue weighted by atomic mass is 10.1. The first kappa shape index (κ1) is 18.4. The number of nitrogens with one attached hydrogen (secondary N) is 1. The summed E-state index contributed by atoms with van der Waals surface area (Å²) in [7, 11) is 0. The van der Waals surface area contributed by atoms with E-state index in [2.05, 4.69) is 5.32 Å². The van der Waals surface area contributed by atoms with E-state index < -0.39 is 11.9 Å². The van der Waals surface area contributed by atoms with Gasteiger partial charge >= 0.3 is 5.97 Å². The fraction of sp³-hybridized carbons (Fsp3) is 0.222. The van der Waals surface area contributed by atoms with Crippen LogP contribution in [-0.2, 0) is 16.0 Å². The summed E-state index contributed by atoms with van der Waals surface area (Å²) in [6.07, 6.45) is 0.540. The molecule has 0 saturated heterocycles. The van der Waals surface area contributed by atoms with Gasteiger partial charge in [0.15, 0.2) is 18.1 Å². The molecule has 3 rings (SSSR count). The van der Waals surface area contributed by atoms with E-state index in [9.17, 15) is 9.59 Å².